The molecule has 0 spiro atoms. The molecule has 4 rings (SSSR count). The number of nitrogens with zero attached hydrogens (tertiary/aromatic N) is 4. The van der Waals surface area contributed by atoms with Crippen LogP contribution >= 0.6 is 0 Å². The highest BCUT2D eigenvalue weighted by Gasteiger charge is 2.26. The van der Waals surface area contributed by atoms with Crippen LogP contribution in [0.4, 0.5) is 0 Å². The summed E-state index contributed by atoms with van der Waals surface area (Å²) in [6.45, 7) is 4.54. The molecule has 4 nitrogen and oxygen atoms in total. The number of aryl methyl sites for hydroxylation is 1. The minimum absolute atomic E-state index is 0.598. The van der Waals surface area contributed by atoms with Crippen LogP contribution in [0.2, 0.25) is 0 Å². The zero-order valence-electron chi connectivity index (χ0n) is 13.8. The molecule has 4 heteroatoms. The number of hydrogen-bond acceptors (Lipinski definition) is 3. The average molecular weight is 310 g/mol. The normalized spacial score (nSPS) is 20.2. The number of fused-ring (bicyclic) bond motifs is 1. The van der Waals surface area contributed by atoms with Crippen molar-refractivity contribution in [2.75, 3.05) is 13.1 Å². The molecule has 3 heterocycles. The van der Waals surface area contributed by atoms with Crippen LogP contribution in [0.3, 0.4) is 0 Å². The Morgan fingerprint density at radius 2 is 1.74 bits per heavy atom. The van der Waals surface area contributed by atoms with Gasteiger partial charge in [0.05, 0.1) is 0 Å². The summed E-state index contributed by atoms with van der Waals surface area (Å²) < 4.78 is 2.44. The second-order valence-electron chi connectivity index (χ2n) is 6.97. The molecule has 1 aromatic heterocycles. The summed E-state index contributed by atoms with van der Waals surface area (Å²) in [6, 6.07) is 10.8. The number of rotatable bonds is 3. The predicted molar refractivity (Wildman–Crippen MR) is 91.3 cm³/mol. The molecule has 0 atom stereocenters. The molecular weight excluding hydrogens is 284 g/mol. The maximum atomic E-state index is 4.57. The molecule has 0 amide bonds. The smallest absolute Gasteiger partial charge is 0.136 e. The van der Waals surface area contributed by atoms with Crippen LogP contribution in [0.1, 0.15) is 55.2 Å². The predicted octanol–water partition coefficient (Wildman–Crippen LogP) is 3.38. The minimum atomic E-state index is 0.598. The van der Waals surface area contributed by atoms with Crippen LogP contribution in [0.5, 0.6) is 0 Å². The van der Waals surface area contributed by atoms with Gasteiger partial charge in [-0.2, -0.15) is 0 Å². The Morgan fingerprint density at radius 3 is 2.57 bits per heavy atom. The van der Waals surface area contributed by atoms with E-state index in [0.717, 1.165) is 19.5 Å². The van der Waals surface area contributed by atoms with Crippen molar-refractivity contribution in [2.24, 2.45) is 0 Å². The second-order valence-corrected chi connectivity index (χ2v) is 6.97. The molecule has 2 aromatic rings. The number of hydrogen-bond donors (Lipinski definition) is 0. The third kappa shape index (κ3) is 3.32. The van der Waals surface area contributed by atoms with Crippen molar-refractivity contribution < 1.29 is 0 Å². The van der Waals surface area contributed by atoms with Gasteiger partial charge in [0.2, 0.25) is 0 Å². The Hall–Kier alpha value is -1.68. The van der Waals surface area contributed by atoms with E-state index in [0.29, 0.717) is 5.92 Å². The van der Waals surface area contributed by atoms with Crippen LogP contribution in [-0.2, 0) is 19.5 Å². The van der Waals surface area contributed by atoms with Crippen LogP contribution in [0.25, 0.3) is 0 Å². The summed E-state index contributed by atoms with van der Waals surface area (Å²) in [5, 5.41) is 9.04. The molecule has 122 valence electrons. The molecule has 0 aliphatic carbocycles. The molecule has 2 aliphatic heterocycles. The quantitative estimate of drug-likeness (QED) is 0.871. The monoisotopic (exact) mass is 310 g/mol. The maximum Gasteiger partial charge on any atom is 0.136 e. The Bertz CT molecular complexity index is 626. The van der Waals surface area contributed by atoms with Gasteiger partial charge in [0.1, 0.15) is 11.6 Å². The third-order valence-electron chi connectivity index (χ3n) is 5.34. The molecule has 0 unspecified atom stereocenters. The highest BCUT2D eigenvalue weighted by Crippen LogP contribution is 2.29. The number of likely N-dealkylation sites (tertiary alicyclic amines) is 1. The van der Waals surface area contributed by atoms with Crippen molar-refractivity contribution in [2.45, 2.75) is 57.5 Å². The van der Waals surface area contributed by atoms with Gasteiger partial charge >= 0.3 is 0 Å². The van der Waals surface area contributed by atoms with Gasteiger partial charge in [-0.05, 0) is 44.3 Å². The highest BCUT2D eigenvalue weighted by atomic mass is 15.3. The van der Waals surface area contributed by atoms with E-state index in [4.69, 9.17) is 0 Å². The fourth-order valence-corrected chi connectivity index (χ4v) is 4.00. The van der Waals surface area contributed by atoms with Crippen molar-refractivity contribution in [3.05, 3.63) is 47.5 Å². The molecule has 0 radical (unpaired) electrons. The third-order valence-corrected chi connectivity index (χ3v) is 5.34. The Kier molecular flexibility index (Phi) is 4.42. The van der Waals surface area contributed by atoms with E-state index in [2.05, 4.69) is 50.0 Å². The Balaban J connectivity index is 1.39. The van der Waals surface area contributed by atoms with Crippen molar-refractivity contribution in [3.8, 4) is 0 Å². The van der Waals surface area contributed by atoms with Gasteiger partial charge < -0.3 is 4.57 Å². The standard InChI is InChI=1S/C19H26N4/c1-3-7-16(8-4-1)15-22-13-10-17(11-14-22)19-21-20-18-9-5-2-6-12-23(18)19/h1,3-4,7-8,17H,2,5-6,9-15H2. The zero-order valence-corrected chi connectivity index (χ0v) is 13.8. The van der Waals surface area contributed by atoms with Gasteiger partial charge in [0.15, 0.2) is 0 Å². The van der Waals surface area contributed by atoms with Crippen LogP contribution in [0, 0.1) is 0 Å². The minimum Gasteiger partial charge on any atom is -0.315 e. The van der Waals surface area contributed by atoms with Gasteiger partial charge in [-0.3, -0.25) is 4.90 Å². The topological polar surface area (TPSA) is 34.0 Å². The second kappa shape index (κ2) is 6.83. The molecular formula is C19H26N4. The van der Waals surface area contributed by atoms with Gasteiger partial charge in [0.25, 0.3) is 0 Å². The van der Waals surface area contributed by atoms with Gasteiger partial charge in [-0.15, -0.1) is 10.2 Å². The molecule has 1 aromatic carbocycles. The molecule has 1 fully saturated rings. The maximum absolute atomic E-state index is 4.57. The summed E-state index contributed by atoms with van der Waals surface area (Å²) in [5.41, 5.74) is 1.42. The van der Waals surface area contributed by atoms with Crippen LogP contribution < -0.4 is 0 Å². The first-order chi connectivity index (χ1) is 11.4. The number of piperidine rings is 1. The largest absolute Gasteiger partial charge is 0.315 e. The zero-order chi connectivity index (χ0) is 15.5. The summed E-state index contributed by atoms with van der Waals surface area (Å²) in [5.74, 6) is 3.09. The summed E-state index contributed by atoms with van der Waals surface area (Å²) in [6.07, 6.45) is 7.42. The summed E-state index contributed by atoms with van der Waals surface area (Å²) in [7, 11) is 0. The van der Waals surface area contributed by atoms with Crippen LogP contribution in [-0.4, -0.2) is 32.8 Å². The first-order valence-corrected chi connectivity index (χ1v) is 9.08. The highest BCUT2D eigenvalue weighted by molar-refractivity contribution is 5.14. The molecule has 2 aliphatic rings. The first-order valence-electron chi connectivity index (χ1n) is 9.08. The molecule has 23 heavy (non-hydrogen) atoms. The first kappa shape index (κ1) is 14.9. The van der Waals surface area contributed by atoms with Crippen molar-refractivity contribution in [3.63, 3.8) is 0 Å². The lowest BCUT2D eigenvalue weighted by atomic mass is 9.95. The van der Waals surface area contributed by atoms with Gasteiger partial charge in [0, 0.05) is 25.4 Å². The lowest BCUT2D eigenvalue weighted by Crippen LogP contribution is -2.33. The lowest BCUT2D eigenvalue weighted by Gasteiger charge is -2.31. The number of aromatic nitrogens is 3. The fourth-order valence-electron chi connectivity index (χ4n) is 4.00. The van der Waals surface area contributed by atoms with Crippen molar-refractivity contribution in [1.82, 2.24) is 19.7 Å². The van der Waals surface area contributed by atoms with E-state index in [-0.39, 0.29) is 0 Å². The van der Waals surface area contributed by atoms with E-state index in [1.165, 1.54) is 62.4 Å². The van der Waals surface area contributed by atoms with E-state index in [9.17, 15) is 0 Å². The van der Waals surface area contributed by atoms with Crippen molar-refractivity contribution in [1.29, 1.82) is 0 Å². The Morgan fingerprint density at radius 1 is 0.913 bits per heavy atom. The van der Waals surface area contributed by atoms with Gasteiger partial charge in [-0.25, -0.2) is 0 Å². The van der Waals surface area contributed by atoms with E-state index >= 15 is 0 Å². The van der Waals surface area contributed by atoms with E-state index in [1.54, 1.807) is 0 Å². The molecule has 0 saturated carbocycles. The lowest BCUT2D eigenvalue weighted by molar-refractivity contribution is 0.200. The van der Waals surface area contributed by atoms with E-state index < -0.39 is 0 Å². The molecule has 1 saturated heterocycles. The van der Waals surface area contributed by atoms with Crippen molar-refractivity contribution >= 4 is 0 Å². The fraction of sp³-hybridized carbons (Fsp3) is 0.579. The van der Waals surface area contributed by atoms with Gasteiger partial charge in [-0.1, -0.05) is 36.8 Å². The number of benzene rings is 1. The summed E-state index contributed by atoms with van der Waals surface area (Å²) >= 11 is 0. The SMILES string of the molecule is c1ccc(CN2CCC(c3nnc4n3CCCCC4)CC2)cc1. The molecule has 0 bridgehead atoms. The Labute approximate surface area is 138 Å². The average Bonchev–Trinajstić information content (AvgIpc) is 2.85. The van der Waals surface area contributed by atoms with Crippen LogP contribution in [0.15, 0.2) is 30.3 Å². The summed E-state index contributed by atoms with van der Waals surface area (Å²) in [4.78, 5) is 2.57. The van der Waals surface area contributed by atoms with E-state index in [1.807, 2.05) is 0 Å². The molecule has 0 N–H and O–H groups in total.